The van der Waals surface area contributed by atoms with E-state index in [4.69, 9.17) is 10.5 Å². The number of rotatable bonds is 7. The molecule has 0 bridgehead atoms. The van der Waals surface area contributed by atoms with Gasteiger partial charge in [-0.15, -0.1) is 0 Å². The highest BCUT2D eigenvalue weighted by molar-refractivity contribution is 5.98. The molecule has 0 spiro atoms. The minimum atomic E-state index is 0.162. The van der Waals surface area contributed by atoms with Crippen LogP contribution in [0.3, 0.4) is 0 Å². The van der Waals surface area contributed by atoms with Crippen LogP contribution in [0.25, 0.3) is 5.70 Å². The van der Waals surface area contributed by atoms with Gasteiger partial charge < -0.3 is 20.7 Å². The molecule has 1 saturated heterocycles. The van der Waals surface area contributed by atoms with Crippen LogP contribution < -0.4 is 11.1 Å². The number of benzene rings is 2. The van der Waals surface area contributed by atoms with Crippen LogP contribution in [0.5, 0.6) is 0 Å². The van der Waals surface area contributed by atoms with Gasteiger partial charge in [0, 0.05) is 38.5 Å². The maximum absolute atomic E-state index is 13.1. The summed E-state index contributed by atoms with van der Waals surface area (Å²) in [4.78, 5) is 15.1. The predicted octanol–water partition coefficient (Wildman–Crippen LogP) is 3.77. The van der Waals surface area contributed by atoms with E-state index in [9.17, 15) is 4.79 Å². The highest BCUT2D eigenvalue weighted by Crippen LogP contribution is 2.44. The minimum Gasteiger partial charge on any atom is -0.397 e. The van der Waals surface area contributed by atoms with Crippen molar-refractivity contribution in [2.24, 2.45) is 5.73 Å². The van der Waals surface area contributed by atoms with Gasteiger partial charge in [-0.2, -0.15) is 0 Å². The Balaban J connectivity index is 1.38. The summed E-state index contributed by atoms with van der Waals surface area (Å²) in [7, 11) is 1.84. The van der Waals surface area contributed by atoms with Gasteiger partial charge in [0.1, 0.15) is 0 Å². The first-order valence-corrected chi connectivity index (χ1v) is 11.4. The van der Waals surface area contributed by atoms with Crippen LogP contribution in [0.2, 0.25) is 0 Å². The van der Waals surface area contributed by atoms with Crippen molar-refractivity contribution in [1.82, 2.24) is 10.2 Å². The van der Waals surface area contributed by atoms with Gasteiger partial charge in [0.25, 0.3) is 5.91 Å². The van der Waals surface area contributed by atoms with Crippen LogP contribution in [0.15, 0.2) is 42.6 Å². The van der Waals surface area contributed by atoms with Gasteiger partial charge in [-0.25, -0.2) is 0 Å². The summed E-state index contributed by atoms with van der Waals surface area (Å²) >= 11 is 0. The number of carbonyl (C=O) groups is 1. The fourth-order valence-electron chi connectivity index (χ4n) is 4.87. The summed E-state index contributed by atoms with van der Waals surface area (Å²) in [6.07, 6.45) is 7.51. The van der Waals surface area contributed by atoms with Gasteiger partial charge in [0.05, 0.1) is 11.8 Å². The number of fused-ring (bicyclic) bond motifs is 1. The van der Waals surface area contributed by atoms with Crippen molar-refractivity contribution >= 4 is 11.6 Å². The standard InChI is InChI=1S/C26H31N3O2/c1-28-14-25(27)19-6-4-17(5-7-19)11-20-12-24-21(13-23(20)18-8-9-18)15-29(26(24)30)16-22-3-2-10-31-22/h4-7,12-14,18,22,28H,2-3,8-11,15-16,27H2,1H3/b25-14-. The van der Waals surface area contributed by atoms with E-state index in [2.05, 4.69) is 41.7 Å². The van der Waals surface area contributed by atoms with Crippen molar-refractivity contribution in [1.29, 1.82) is 0 Å². The molecule has 1 saturated carbocycles. The van der Waals surface area contributed by atoms with Gasteiger partial charge in [-0.3, -0.25) is 4.79 Å². The number of carbonyl (C=O) groups excluding carboxylic acids is 1. The van der Waals surface area contributed by atoms with Crippen LogP contribution in [-0.2, 0) is 17.7 Å². The molecule has 5 nitrogen and oxygen atoms in total. The summed E-state index contributed by atoms with van der Waals surface area (Å²) in [5, 5.41) is 2.97. The Morgan fingerprint density at radius 1 is 1.23 bits per heavy atom. The van der Waals surface area contributed by atoms with Gasteiger partial charge in [0.15, 0.2) is 0 Å². The Bertz CT molecular complexity index is 1000. The quantitative estimate of drug-likeness (QED) is 0.720. The van der Waals surface area contributed by atoms with Crippen LogP contribution in [-0.4, -0.2) is 37.1 Å². The predicted molar refractivity (Wildman–Crippen MR) is 123 cm³/mol. The number of hydrogen-bond donors (Lipinski definition) is 2. The molecule has 1 amide bonds. The van der Waals surface area contributed by atoms with E-state index < -0.39 is 0 Å². The Morgan fingerprint density at radius 2 is 2.03 bits per heavy atom. The summed E-state index contributed by atoms with van der Waals surface area (Å²) in [5.41, 5.74) is 13.8. The zero-order valence-electron chi connectivity index (χ0n) is 18.2. The lowest BCUT2D eigenvalue weighted by molar-refractivity contribution is 0.0545. The maximum Gasteiger partial charge on any atom is 0.254 e. The molecule has 1 atom stereocenters. The lowest BCUT2D eigenvalue weighted by Gasteiger charge is -2.19. The summed E-state index contributed by atoms with van der Waals surface area (Å²) in [6, 6.07) is 12.9. The molecule has 2 aliphatic heterocycles. The van der Waals surface area contributed by atoms with Gasteiger partial charge >= 0.3 is 0 Å². The molecule has 5 heteroatoms. The van der Waals surface area contributed by atoms with E-state index in [0.717, 1.165) is 49.2 Å². The highest BCUT2D eigenvalue weighted by Gasteiger charge is 2.34. The number of nitrogens with zero attached hydrogens (tertiary/aromatic N) is 1. The largest absolute Gasteiger partial charge is 0.397 e. The second-order valence-corrected chi connectivity index (χ2v) is 9.07. The molecule has 0 radical (unpaired) electrons. The molecule has 3 aliphatic rings. The minimum absolute atomic E-state index is 0.162. The summed E-state index contributed by atoms with van der Waals surface area (Å²) in [5.74, 6) is 0.811. The van der Waals surface area contributed by atoms with Crippen LogP contribution in [0, 0.1) is 0 Å². The molecule has 2 aromatic rings. The molecule has 1 aliphatic carbocycles. The third-order valence-electron chi connectivity index (χ3n) is 6.69. The zero-order valence-corrected chi connectivity index (χ0v) is 18.2. The van der Waals surface area contributed by atoms with Crippen molar-refractivity contribution < 1.29 is 9.53 Å². The molecule has 2 fully saturated rings. The van der Waals surface area contributed by atoms with Gasteiger partial charge in [0.2, 0.25) is 0 Å². The average Bonchev–Trinajstić information content (AvgIpc) is 3.41. The SMILES string of the molecule is CN/C=C(\N)c1ccc(Cc2cc3c(cc2C2CC2)CN(CC2CCCO2)C3=O)cc1. The van der Waals surface area contributed by atoms with Crippen molar-refractivity contribution in [2.75, 3.05) is 20.2 Å². The van der Waals surface area contributed by atoms with Crippen molar-refractivity contribution in [2.45, 2.75) is 50.7 Å². The Hall–Kier alpha value is -2.79. The monoisotopic (exact) mass is 417 g/mol. The fraction of sp³-hybridized carbons (Fsp3) is 0.423. The third-order valence-corrected chi connectivity index (χ3v) is 6.69. The molecule has 31 heavy (non-hydrogen) atoms. The second kappa shape index (κ2) is 8.39. The van der Waals surface area contributed by atoms with E-state index in [1.807, 2.05) is 11.9 Å². The number of nitrogens with one attached hydrogen (secondary N) is 1. The first-order chi connectivity index (χ1) is 15.1. The van der Waals surface area contributed by atoms with Gasteiger partial charge in [-0.1, -0.05) is 30.3 Å². The highest BCUT2D eigenvalue weighted by atomic mass is 16.5. The van der Waals surface area contributed by atoms with E-state index >= 15 is 0 Å². The Kier molecular flexibility index (Phi) is 5.45. The second-order valence-electron chi connectivity index (χ2n) is 9.07. The Labute approximate surface area is 184 Å². The average molecular weight is 418 g/mol. The molecule has 162 valence electrons. The van der Waals surface area contributed by atoms with E-state index in [1.165, 1.54) is 35.1 Å². The smallest absolute Gasteiger partial charge is 0.254 e. The lowest BCUT2D eigenvalue weighted by atomic mass is 9.92. The lowest BCUT2D eigenvalue weighted by Crippen LogP contribution is -2.32. The number of ether oxygens (including phenoxy) is 1. The molecule has 0 aromatic heterocycles. The van der Waals surface area contributed by atoms with Crippen LogP contribution in [0.4, 0.5) is 0 Å². The molecule has 2 heterocycles. The van der Waals surface area contributed by atoms with Crippen LogP contribution in [0.1, 0.15) is 69.8 Å². The topological polar surface area (TPSA) is 67.6 Å². The third kappa shape index (κ3) is 4.19. The number of amides is 1. The van der Waals surface area contributed by atoms with Crippen molar-refractivity contribution in [3.63, 3.8) is 0 Å². The summed E-state index contributed by atoms with van der Waals surface area (Å²) in [6.45, 7) is 2.26. The number of hydrogen-bond acceptors (Lipinski definition) is 4. The molecule has 1 unspecified atom stereocenters. The zero-order chi connectivity index (χ0) is 21.4. The van der Waals surface area contributed by atoms with E-state index in [1.54, 1.807) is 6.20 Å². The van der Waals surface area contributed by atoms with E-state index in [-0.39, 0.29) is 12.0 Å². The fourth-order valence-corrected chi connectivity index (χ4v) is 4.87. The Morgan fingerprint density at radius 3 is 2.71 bits per heavy atom. The van der Waals surface area contributed by atoms with E-state index in [0.29, 0.717) is 12.5 Å². The normalized spacial score (nSPS) is 20.9. The molecule has 2 aromatic carbocycles. The number of nitrogens with two attached hydrogens (primary N) is 1. The first-order valence-electron chi connectivity index (χ1n) is 11.4. The van der Waals surface area contributed by atoms with Crippen LogP contribution >= 0.6 is 0 Å². The summed E-state index contributed by atoms with van der Waals surface area (Å²) < 4.78 is 5.77. The molecular weight excluding hydrogens is 386 g/mol. The van der Waals surface area contributed by atoms with Gasteiger partial charge in [-0.05, 0) is 71.9 Å². The molecular formula is C26H31N3O2. The molecule has 3 N–H and O–H groups in total. The van der Waals surface area contributed by atoms with Crippen molar-refractivity contribution in [3.8, 4) is 0 Å². The first kappa shape index (κ1) is 20.1. The maximum atomic E-state index is 13.1. The molecule has 5 rings (SSSR count). The van der Waals surface area contributed by atoms with Crippen molar-refractivity contribution in [3.05, 3.63) is 76.0 Å².